The summed E-state index contributed by atoms with van der Waals surface area (Å²) in [7, 11) is -4.40. The predicted molar refractivity (Wildman–Crippen MR) is 154 cm³/mol. The van der Waals surface area contributed by atoms with Crippen LogP contribution < -0.4 is 0 Å². The molecule has 2 unspecified atom stereocenters. The largest absolute Gasteiger partial charge is 0.414 e. The van der Waals surface area contributed by atoms with Gasteiger partial charge in [-0.2, -0.15) is 0 Å². The second-order valence-corrected chi connectivity index (χ2v) is 23.7. The standard InChI is InChI=1S/C30H58O2Si2/c1-14-20-29(7,22-16-21-28(5,6)32-33(9,10)11)26-19-18-24-25(17-15-23-30(24,26)8)31-34(12,13)27(2,3)4/h1,24-26H,15-23H2,2-13H3/t24?,25-,26+,29?,30-/m0/s1/i5D3,6D3. The Labute approximate surface area is 224 Å². The molecule has 0 saturated heterocycles. The zero-order valence-corrected chi connectivity index (χ0v) is 26.0. The number of hydrogen-bond donors (Lipinski definition) is 0. The minimum atomic E-state index is -2.76. The molecule has 2 aliphatic carbocycles. The van der Waals surface area contributed by atoms with Crippen molar-refractivity contribution in [1.82, 2.24) is 0 Å². The van der Waals surface area contributed by atoms with E-state index in [1.807, 2.05) is 19.6 Å². The van der Waals surface area contributed by atoms with E-state index in [1.54, 1.807) is 0 Å². The third kappa shape index (κ3) is 7.02. The highest BCUT2D eigenvalue weighted by molar-refractivity contribution is 6.74. The second kappa shape index (κ2) is 10.3. The molecule has 0 radical (unpaired) electrons. The molecule has 198 valence electrons. The van der Waals surface area contributed by atoms with Crippen molar-refractivity contribution in [3.05, 3.63) is 0 Å². The van der Waals surface area contributed by atoms with Crippen molar-refractivity contribution in [2.24, 2.45) is 22.7 Å². The summed E-state index contributed by atoms with van der Waals surface area (Å²) in [5, 5.41) is 0.160. The van der Waals surface area contributed by atoms with Gasteiger partial charge in [-0.05, 0) is 113 Å². The lowest BCUT2D eigenvalue weighted by Crippen LogP contribution is -2.51. The Hall–Kier alpha value is -0.0862. The summed E-state index contributed by atoms with van der Waals surface area (Å²) >= 11 is 0. The summed E-state index contributed by atoms with van der Waals surface area (Å²) in [4.78, 5) is 0. The van der Waals surface area contributed by atoms with Gasteiger partial charge in [0.05, 0.1) is 5.60 Å². The maximum Gasteiger partial charge on any atom is 0.192 e. The zero-order valence-electron chi connectivity index (χ0n) is 30.0. The molecule has 2 rings (SSSR count). The lowest BCUT2D eigenvalue weighted by atomic mass is 9.56. The van der Waals surface area contributed by atoms with E-state index in [2.05, 4.69) is 53.6 Å². The van der Waals surface area contributed by atoms with Gasteiger partial charge < -0.3 is 8.85 Å². The lowest BCUT2D eigenvalue weighted by Gasteiger charge is -2.52. The smallest absolute Gasteiger partial charge is 0.192 e. The molecule has 0 bridgehead atoms. The maximum absolute atomic E-state index is 8.27. The molecule has 0 amide bonds. The third-order valence-corrected chi connectivity index (χ3v) is 14.9. The molecule has 0 aromatic rings. The Morgan fingerprint density at radius 3 is 2.21 bits per heavy atom. The molecule has 0 N–H and O–H groups in total. The molecular formula is C30H58O2Si2. The maximum atomic E-state index is 8.27. The van der Waals surface area contributed by atoms with E-state index >= 15 is 0 Å². The molecule has 0 spiro atoms. The Morgan fingerprint density at radius 2 is 1.68 bits per heavy atom. The van der Waals surface area contributed by atoms with Crippen LogP contribution in [0.2, 0.25) is 37.8 Å². The van der Waals surface area contributed by atoms with E-state index < -0.39 is 35.9 Å². The Bertz CT molecular complexity index is 898. The van der Waals surface area contributed by atoms with Gasteiger partial charge in [-0.1, -0.05) is 47.5 Å². The van der Waals surface area contributed by atoms with Crippen LogP contribution in [0.25, 0.3) is 0 Å². The normalized spacial score (nSPS) is 33.9. The van der Waals surface area contributed by atoms with Crippen LogP contribution in [0.4, 0.5) is 0 Å². The van der Waals surface area contributed by atoms with Crippen molar-refractivity contribution in [3.63, 3.8) is 0 Å². The predicted octanol–water partition coefficient (Wildman–Crippen LogP) is 9.42. The molecule has 0 aromatic carbocycles. The van der Waals surface area contributed by atoms with E-state index in [0.717, 1.165) is 32.1 Å². The number of terminal acetylenes is 1. The van der Waals surface area contributed by atoms with Crippen LogP contribution in [0.3, 0.4) is 0 Å². The summed E-state index contributed by atoms with van der Waals surface area (Å²) in [5.41, 5.74) is -2.29. The van der Waals surface area contributed by atoms with Crippen molar-refractivity contribution < 1.29 is 17.1 Å². The van der Waals surface area contributed by atoms with Crippen LogP contribution in [-0.4, -0.2) is 28.3 Å². The van der Waals surface area contributed by atoms with Gasteiger partial charge >= 0.3 is 0 Å². The van der Waals surface area contributed by atoms with E-state index in [9.17, 15) is 0 Å². The van der Waals surface area contributed by atoms with Gasteiger partial charge in [0.25, 0.3) is 0 Å². The Kier molecular flexibility index (Phi) is 6.68. The van der Waals surface area contributed by atoms with Crippen molar-refractivity contribution >= 4 is 16.6 Å². The highest BCUT2D eigenvalue weighted by atomic mass is 28.4. The van der Waals surface area contributed by atoms with Gasteiger partial charge in [0.15, 0.2) is 16.6 Å². The first-order chi connectivity index (χ1) is 17.8. The second-order valence-electron chi connectivity index (χ2n) is 14.5. The summed E-state index contributed by atoms with van der Waals surface area (Å²) in [6, 6.07) is 0. The third-order valence-electron chi connectivity index (χ3n) is 9.42. The molecule has 4 heteroatoms. The molecule has 2 fully saturated rings. The summed E-state index contributed by atoms with van der Waals surface area (Å²) in [6.45, 7) is 16.3. The topological polar surface area (TPSA) is 18.5 Å². The molecule has 2 saturated carbocycles. The summed E-state index contributed by atoms with van der Waals surface area (Å²) in [6.07, 6.45) is 13.5. The molecule has 0 aliphatic heterocycles. The van der Waals surface area contributed by atoms with Crippen LogP contribution in [0, 0.1) is 35.0 Å². The van der Waals surface area contributed by atoms with Crippen molar-refractivity contribution in [1.29, 1.82) is 0 Å². The van der Waals surface area contributed by atoms with Gasteiger partial charge in [-0.25, -0.2) is 0 Å². The van der Waals surface area contributed by atoms with E-state index in [0.29, 0.717) is 31.1 Å². The molecule has 0 aromatic heterocycles. The fourth-order valence-corrected chi connectivity index (χ4v) is 9.43. The molecule has 2 nitrogen and oxygen atoms in total. The van der Waals surface area contributed by atoms with Crippen LogP contribution in [-0.2, 0) is 8.85 Å². The summed E-state index contributed by atoms with van der Waals surface area (Å²) in [5.74, 6) is 3.80. The lowest BCUT2D eigenvalue weighted by molar-refractivity contribution is -0.0441. The quantitative estimate of drug-likeness (QED) is 0.214. The van der Waals surface area contributed by atoms with E-state index in [1.165, 1.54) is 0 Å². The van der Waals surface area contributed by atoms with E-state index in [-0.39, 0.29) is 28.4 Å². The van der Waals surface area contributed by atoms with Gasteiger partial charge in [-0.15, -0.1) is 12.3 Å². The number of fused-ring (bicyclic) bond motifs is 1. The molecule has 5 atom stereocenters. The van der Waals surface area contributed by atoms with Gasteiger partial charge in [-0.3, -0.25) is 0 Å². The van der Waals surface area contributed by atoms with Gasteiger partial charge in [0.2, 0.25) is 0 Å². The minimum Gasteiger partial charge on any atom is -0.414 e. The molecule has 2 aliphatic rings. The van der Waals surface area contributed by atoms with Crippen LogP contribution in [0.5, 0.6) is 0 Å². The van der Waals surface area contributed by atoms with Gasteiger partial charge in [0.1, 0.15) is 0 Å². The van der Waals surface area contributed by atoms with Crippen molar-refractivity contribution in [2.45, 2.75) is 156 Å². The fourth-order valence-electron chi connectivity index (χ4n) is 6.89. The Morgan fingerprint density at radius 1 is 1.03 bits per heavy atom. The summed E-state index contributed by atoms with van der Waals surface area (Å²) < 4.78 is 62.8. The van der Waals surface area contributed by atoms with Crippen LogP contribution in [0.1, 0.15) is 114 Å². The SMILES string of the molecule is [2H]C([2H])([2H])C(CCCC(C)(CC#C)[C@H]1CCC2[C@@H](O[Si](C)(C)C(C)(C)C)CCC[C@@]21C)(O[Si](C)(C)C)C([2H])([2H])[2H]. The average Bonchev–Trinajstić information content (AvgIpc) is 3.08. The van der Waals surface area contributed by atoms with Crippen LogP contribution in [0.15, 0.2) is 0 Å². The average molecular weight is 513 g/mol. The first-order valence-electron chi connectivity index (χ1n) is 16.6. The minimum absolute atomic E-state index is 0.0333. The number of hydrogen-bond acceptors (Lipinski definition) is 2. The molecule has 0 heterocycles. The first-order valence-corrected chi connectivity index (χ1v) is 19.9. The van der Waals surface area contributed by atoms with Crippen molar-refractivity contribution in [2.75, 3.05) is 0 Å². The van der Waals surface area contributed by atoms with E-state index in [4.69, 9.17) is 23.5 Å². The number of rotatable bonds is 10. The monoisotopic (exact) mass is 512 g/mol. The fraction of sp³-hybridized carbons (Fsp3) is 0.933. The van der Waals surface area contributed by atoms with Crippen molar-refractivity contribution in [3.8, 4) is 12.3 Å². The zero-order chi connectivity index (χ0) is 31.2. The van der Waals surface area contributed by atoms with Gasteiger partial charge in [0, 0.05) is 20.7 Å². The highest BCUT2D eigenvalue weighted by Gasteiger charge is 2.57. The highest BCUT2D eigenvalue weighted by Crippen LogP contribution is 2.63. The first kappa shape index (κ1) is 21.9. The molecular weight excluding hydrogens is 449 g/mol. The molecule has 34 heavy (non-hydrogen) atoms. The Balaban J connectivity index is 2.35. The van der Waals surface area contributed by atoms with Crippen LogP contribution >= 0.6 is 0 Å².